The Hall–Kier alpha value is -2.50. The third-order valence-electron chi connectivity index (χ3n) is 4.94. The van der Waals surface area contributed by atoms with Crippen LogP contribution < -0.4 is 10.6 Å². The van der Waals surface area contributed by atoms with E-state index in [0.29, 0.717) is 11.4 Å². The Bertz CT molecular complexity index is 854. The van der Waals surface area contributed by atoms with E-state index in [1.54, 1.807) is 25.4 Å². The van der Waals surface area contributed by atoms with E-state index in [9.17, 15) is 4.79 Å². The van der Waals surface area contributed by atoms with E-state index >= 15 is 0 Å². The second-order valence-corrected chi connectivity index (χ2v) is 9.07. The molecule has 2 aromatic heterocycles. The Morgan fingerprint density at radius 3 is 2.67 bits per heavy atom. The highest BCUT2D eigenvalue weighted by Gasteiger charge is 2.35. The second kappa shape index (κ2) is 6.91. The quantitative estimate of drug-likeness (QED) is 0.865. The van der Waals surface area contributed by atoms with Crippen molar-refractivity contribution >= 4 is 11.7 Å². The number of nitrogens with one attached hydrogen (secondary N) is 2. The fraction of sp³-hybridized carbons (Fsp3) is 0.524. The Kier molecular flexibility index (Phi) is 4.93. The van der Waals surface area contributed by atoms with E-state index in [4.69, 9.17) is 4.98 Å². The van der Waals surface area contributed by atoms with Gasteiger partial charge in [-0.15, -0.1) is 0 Å². The van der Waals surface area contributed by atoms with Crippen molar-refractivity contribution in [1.82, 2.24) is 20.3 Å². The standard InChI is InChI=1S/C21H29N5O/c1-20(2,3)19-24-12-14-15(10-21(4,5)11-16(14)26-19)25-17-13(18(27)22-6)8-7-9-23-17/h7-9,12,15H,10-11H2,1-6H3,(H,22,27)(H,23,25)/t15-/m0/s1. The number of aromatic nitrogens is 3. The van der Waals surface area contributed by atoms with Gasteiger partial charge in [-0.1, -0.05) is 34.6 Å². The summed E-state index contributed by atoms with van der Waals surface area (Å²) in [5.41, 5.74) is 2.72. The molecule has 144 valence electrons. The first-order chi connectivity index (χ1) is 12.6. The van der Waals surface area contributed by atoms with Crippen LogP contribution in [-0.2, 0) is 11.8 Å². The van der Waals surface area contributed by atoms with Crippen molar-refractivity contribution in [3.05, 3.63) is 47.2 Å². The first kappa shape index (κ1) is 19.3. The number of anilines is 1. The minimum absolute atomic E-state index is 0.0103. The summed E-state index contributed by atoms with van der Waals surface area (Å²) < 4.78 is 0. The fourth-order valence-corrected chi connectivity index (χ4v) is 3.54. The van der Waals surface area contributed by atoms with Crippen LogP contribution in [0.5, 0.6) is 0 Å². The van der Waals surface area contributed by atoms with E-state index in [-0.39, 0.29) is 22.8 Å². The maximum absolute atomic E-state index is 12.2. The number of carbonyl (C=O) groups excluding carboxylic acids is 1. The summed E-state index contributed by atoms with van der Waals surface area (Å²) in [5.74, 6) is 1.30. The van der Waals surface area contributed by atoms with Gasteiger partial charge in [-0.05, 0) is 30.4 Å². The SMILES string of the molecule is CNC(=O)c1cccnc1N[C@H]1CC(C)(C)Cc2nc(C(C)(C)C)ncc21. The highest BCUT2D eigenvalue weighted by atomic mass is 16.1. The first-order valence-corrected chi connectivity index (χ1v) is 9.41. The highest BCUT2D eigenvalue weighted by molar-refractivity contribution is 5.98. The number of hydrogen-bond donors (Lipinski definition) is 2. The van der Waals surface area contributed by atoms with Gasteiger partial charge in [-0.2, -0.15) is 0 Å². The van der Waals surface area contributed by atoms with Gasteiger partial charge in [-0.3, -0.25) is 4.79 Å². The maximum atomic E-state index is 12.2. The summed E-state index contributed by atoms with van der Waals surface area (Å²) in [6.07, 6.45) is 5.47. The van der Waals surface area contributed by atoms with Crippen molar-refractivity contribution in [3.8, 4) is 0 Å². The van der Waals surface area contributed by atoms with Crippen LogP contribution in [0.4, 0.5) is 5.82 Å². The molecule has 27 heavy (non-hydrogen) atoms. The van der Waals surface area contributed by atoms with Crippen LogP contribution in [0.1, 0.15) is 74.5 Å². The summed E-state index contributed by atoms with van der Waals surface area (Å²) in [7, 11) is 1.63. The van der Waals surface area contributed by atoms with Gasteiger partial charge in [0, 0.05) is 36.1 Å². The van der Waals surface area contributed by atoms with E-state index in [1.807, 2.05) is 6.20 Å². The molecule has 0 saturated heterocycles. The molecule has 1 amide bonds. The molecule has 2 aromatic rings. The Morgan fingerprint density at radius 1 is 1.26 bits per heavy atom. The molecule has 2 heterocycles. The Labute approximate surface area is 161 Å². The van der Waals surface area contributed by atoms with Gasteiger partial charge in [0.15, 0.2) is 0 Å². The van der Waals surface area contributed by atoms with E-state index in [1.165, 1.54) is 0 Å². The number of pyridine rings is 1. The molecule has 0 saturated carbocycles. The van der Waals surface area contributed by atoms with Gasteiger partial charge >= 0.3 is 0 Å². The molecule has 3 rings (SSSR count). The van der Waals surface area contributed by atoms with Crippen molar-refractivity contribution in [2.24, 2.45) is 5.41 Å². The average Bonchev–Trinajstić information content (AvgIpc) is 2.59. The zero-order chi connectivity index (χ0) is 19.8. The van der Waals surface area contributed by atoms with E-state index in [2.05, 4.69) is 55.2 Å². The third kappa shape index (κ3) is 4.10. The van der Waals surface area contributed by atoms with Crippen molar-refractivity contribution in [3.63, 3.8) is 0 Å². The van der Waals surface area contributed by atoms with Gasteiger partial charge in [-0.25, -0.2) is 15.0 Å². The number of fused-ring (bicyclic) bond motifs is 1. The molecule has 0 fully saturated rings. The molecule has 0 bridgehead atoms. The topological polar surface area (TPSA) is 79.8 Å². The van der Waals surface area contributed by atoms with Crippen LogP contribution in [0.3, 0.4) is 0 Å². The van der Waals surface area contributed by atoms with Gasteiger partial charge in [0.05, 0.1) is 11.6 Å². The van der Waals surface area contributed by atoms with Crippen molar-refractivity contribution in [2.45, 2.75) is 58.9 Å². The van der Waals surface area contributed by atoms with Gasteiger partial charge < -0.3 is 10.6 Å². The molecule has 2 N–H and O–H groups in total. The minimum Gasteiger partial charge on any atom is -0.362 e. The molecule has 1 atom stereocenters. The first-order valence-electron chi connectivity index (χ1n) is 9.41. The van der Waals surface area contributed by atoms with E-state index in [0.717, 1.165) is 29.9 Å². The van der Waals surface area contributed by atoms with Crippen LogP contribution in [0.25, 0.3) is 0 Å². The van der Waals surface area contributed by atoms with Gasteiger partial charge in [0.25, 0.3) is 5.91 Å². The zero-order valence-electron chi connectivity index (χ0n) is 17.1. The lowest BCUT2D eigenvalue weighted by Gasteiger charge is -2.37. The number of nitrogens with zero attached hydrogens (tertiary/aromatic N) is 3. The molecule has 6 heteroatoms. The van der Waals surface area contributed by atoms with Crippen LogP contribution >= 0.6 is 0 Å². The molecule has 0 unspecified atom stereocenters. The van der Waals surface area contributed by atoms with Gasteiger partial charge in [0.2, 0.25) is 0 Å². The summed E-state index contributed by atoms with van der Waals surface area (Å²) in [6, 6.07) is 3.56. The minimum atomic E-state index is -0.153. The summed E-state index contributed by atoms with van der Waals surface area (Å²) in [4.78, 5) is 26.1. The van der Waals surface area contributed by atoms with Crippen molar-refractivity contribution in [2.75, 3.05) is 12.4 Å². The number of rotatable bonds is 3. The molecule has 6 nitrogen and oxygen atoms in total. The fourth-order valence-electron chi connectivity index (χ4n) is 3.54. The lowest BCUT2D eigenvalue weighted by molar-refractivity contribution is 0.0963. The molecular formula is C21H29N5O. The summed E-state index contributed by atoms with van der Waals surface area (Å²) in [6.45, 7) is 10.9. The Morgan fingerprint density at radius 2 is 2.00 bits per heavy atom. The zero-order valence-corrected chi connectivity index (χ0v) is 17.1. The molecule has 0 radical (unpaired) electrons. The van der Waals surface area contributed by atoms with E-state index < -0.39 is 0 Å². The highest BCUT2D eigenvalue weighted by Crippen LogP contribution is 2.41. The van der Waals surface area contributed by atoms with Crippen LogP contribution in [0, 0.1) is 5.41 Å². The normalized spacial score (nSPS) is 18.5. The Balaban J connectivity index is 2.00. The number of amides is 1. The molecule has 0 aliphatic heterocycles. The summed E-state index contributed by atoms with van der Waals surface area (Å²) >= 11 is 0. The van der Waals surface area contributed by atoms with Crippen LogP contribution in [-0.4, -0.2) is 27.9 Å². The van der Waals surface area contributed by atoms with Crippen molar-refractivity contribution < 1.29 is 4.79 Å². The lowest BCUT2D eigenvalue weighted by Crippen LogP contribution is -2.32. The predicted molar refractivity (Wildman–Crippen MR) is 107 cm³/mol. The monoisotopic (exact) mass is 367 g/mol. The average molecular weight is 367 g/mol. The van der Waals surface area contributed by atoms with Crippen LogP contribution in [0.15, 0.2) is 24.5 Å². The molecule has 0 aromatic carbocycles. The molecule has 1 aliphatic carbocycles. The van der Waals surface area contributed by atoms with Gasteiger partial charge in [0.1, 0.15) is 11.6 Å². The van der Waals surface area contributed by atoms with Crippen molar-refractivity contribution in [1.29, 1.82) is 0 Å². The smallest absolute Gasteiger partial charge is 0.254 e. The maximum Gasteiger partial charge on any atom is 0.254 e. The lowest BCUT2D eigenvalue weighted by atomic mass is 9.74. The second-order valence-electron chi connectivity index (χ2n) is 9.07. The van der Waals surface area contributed by atoms with Crippen LogP contribution in [0.2, 0.25) is 0 Å². The largest absolute Gasteiger partial charge is 0.362 e. The molecular weight excluding hydrogens is 338 g/mol. The predicted octanol–water partition coefficient (Wildman–Crippen LogP) is 3.65. The third-order valence-corrected chi connectivity index (χ3v) is 4.94. The molecule has 1 aliphatic rings. The molecule has 0 spiro atoms. The summed E-state index contributed by atoms with van der Waals surface area (Å²) in [5, 5.41) is 6.16. The number of hydrogen-bond acceptors (Lipinski definition) is 5. The number of carbonyl (C=O) groups is 1.